The second-order valence-corrected chi connectivity index (χ2v) is 9.15. The zero-order chi connectivity index (χ0) is 19.5. The molecule has 2 aliphatic rings. The van der Waals surface area contributed by atoms with Crippen LogP contribution in [0.25, 0.3) is 0 Å². The Bertz CT molecular complexity index is 794. The summed E-state index contributed by atoms with van der Waals surface area (Å²) in [5.74, 6) is 0.676. The molecule has 1 amide bonds. The third-order valence-corrected chi connectivity index (χ3v) is 6.91. The van der Waals surface area contributed by atoms with Gasteiger partial charge >= 0.3 is 0 Å². The van der Waals surface area contributed by atoms with E-state index in [-0.39, 0.29) is 30.5 Å². The number of carbonyl (C=O) groups excluding carboxylic acids is 1. The normalized spacial score (nSPS) is 23.4. The lowest BCUT2D eigenvalue weighted by Crippen LogP contribution is -2.57. The summed E-state index contributed by atoms with van der Waals surface area (Å²) in [5, 5.41) is 10.6. The Morgan fingerprint density at radius 3 is 2.24 bits per heavy atom. The van der Waals surface area contributed by atoms with Crippen LogP contribution in [-0.2, 0) is 0 Å². The van der Waals surface area contributed by atoms with Crippen molar-refractivity contribution in [2.75, 3.05) is 26.2 Å². The first-order valence-corrected chi connectivity index (χ1v) is 11.2. The summed E-state index contributed by atoms with van der Waals surface area (Å²) in [6.07, 6.45) is 2.52. The summed E-state index contributed by atoms with van der Waals surface area (Å²) in [7, 11) is 0. The highest BCUT2D eigenvalue weighted by Crippen LogP contribution is 2.30. The van der Waals surface area contributed by atoms with Gasteiger partial charge in [0.05, 0.1) is 12.1 Å². The second kappa shape index (κ2) is 10.2. The SMILES string of the molecule is Cl.O=C(c1ccc(I)cc1)N1CC[C@@H](O)[C@H](N2CCC(c3ccccc3)CC2)C1. The molecule has 2 heterocycles. The molecule has 2 aromatic rings. The van der Waals surface area contributed by atoms with Crippen LogP contribution in [0.4, 0.5) is 0 Å². The Hall–Kier alpha value is -1.15. The molecule has 2 atom stereocenters. The molecule has 0 aromatic heterocycles. The monoisotopic (exact) mass is 526 g/mol. The molecule has 156 valence electrons. The van der Waals surface area contributed by atoms with Gasteiger partial charge in [-0.3, -0.25) is 9.69 Å². The van der Waals surface area contributed by atoms with E-state index in [9.17, 15) is 9.90 Å². The van der Waals surface area contributed by atoms with Crippen LogP contribution < -0.4 is 0 Å². The van der Waals surface area contributed by atoms with E-state index in [2.05, 4.69) is 57.8 Å². The van der Waals surface area contributed by atoms with Crippen molar-refractivity contribution in [3.05, 3.63) is 69.3 Å². The summed E-state index contributed by atoms with van der Waals surface area (Å²) in [4.78, 5) is 17.2. The lowest BCUT2D eigenvalue weighted by Gasteiger charge is -2.44. The molecular formula is C23H28ClIN2O2. The van der Waals surface area contributed by atoms with Crippen LogP contribution >= 0.6 is 35.0 Å². The number of halogens is 2. The van der Waals surface area contributed by atoms with Crippen LogP contribution in [0.2, 0.25) is 0 Å². The zero-order valence-corrected chi connectivity index (χ0v) is 19.4. The molecule has 2 saturated heterocycles. The van der Waals surface area contributed by atoms with E-state index in [0.717, 1.165) is 35.1 Å². The van der Waals surface area contributed by atoms with Gasteiger partial charge in [0.15, 0.2) is 0 Å². The van der Waals surface area contributed by atoms with Gasteiger partial charge in [0.1, 0.15) is 0 Å². The molecule has 0 unspecified atom stereocenters. The Labute approximate surface area is 192 Å². The first kappa shape index (κ1) is 22.5. The van der Waals surface area contributed by atoms with E-state index >= 15 is 0 Å². The molecule has 0 saturated carbocycles. The molecule has 4 rings (SSSR count). The summed E-state index contributed by atoms with van der Waals surface area (Å²) < 4.78 is 1.13. The lowest BCUT2D eigenvalue weighted by atomic mass is 9.88. The van der Waals surface area contributed by atoms with Crippen molar-refractivity contribution in [3.8, 4) is 0 Å². The molecule has 0 bridgehead atoms. The molecule has 0 radical (unpaired) electrons. The van der Waals surface area contributed by atoms with Crippen molar-refractivity contribution in [1.29, 1.82) is 0 Å². The molecule has 2 fully saturated rings. The van der Waals surface area contributed by atoms with Gasteiger partial charge in [-0.1, -0.05) is 30.3 Å². The average molecular weight is 527 g/mol. The number of likely N-dealkylation sites (tertiary alicyclic amines) is 2. The summed E-state index contributed by atoms with van der Waals surface area (Å²) in [5.41, 5.74) is 2.15. The van der Waals surface area contributed by atoms with E-state index < -0.39 is 0 Å². The smallest absolute Gasteiger partial charge is 0.253 e. The molecule has 29 heavy (non-hydrogen) atoms. The maximum Gasteiger partial charge on any atom is 0.253 e. The van der Waals surface area contributed by atoms with Crippen LogP contribution in [0.15, 0.2) is 54.6 Å². The summed E-state index contributed by atoms with van der Waals surface area (Å²) in [6.45, 7) is 3.20. The molecule has 1 N–H and O–H groups in total. The Morgan fingerprint density at radius 2 is 1.59 bits per heavy atom. The highest BCUT2D eigenvalue weighted by Gasteiger charge is 2.36. The van der Waals surface area contributed by atoms with Crippen LogP contribution in [0.1, 0.15) is 41.1 Å². The minimum absolute atomic E-state index is 0. The first-order chi connectivity index (χ1) is 13.6. The molecule has 6 heteroatoms. The number of benzene rings is 2. The number of nitrogens with zero attached hydrogens (tertiary/aromatic N) is 2. The number of amides is 1. The number of aliphatic hydroxyl groups excluding tert-OH is 1. The largest absolute Gasteiger partial charge is 0.391 e. The van der Waals surface area contributed by atoms with Crippen molar-refractivity contribution < 1.29 is 9.90 Å². The van der Waals surface area contributed by atoms with Gasteiger partial charge in [0.25, 0.3) is 5.91 Å². The van der Waals surface area contributed by atoms with Crippen LogP contribution in [-0.4, -0.2) is 59.1 Å². The Morgan fingerprint density at radius 1 is 0.931 bits per heavy atom. The van der Waals surface area contributed by atoms with Gasteiger partial charge in [-0.05, 0) is 90.7 Å². The minimum atomic E-state index is -0.353. The first-order valence-electron chi connectivity index (χ1n) is 10.1. The van der Waals surface area contributed by atoms with Gasteiger partial charge in [0, 0.05) is 22.2 Å². The third-order valence-electron chi connectivity index (χ3n) is 6.19. The molecular weight excluding hydrogens is 499 g/mol. The van der Waals surface area contributed by atoms with Gasteiger partial charge in [0.2, 0.25) is 0 Å². The van der Waals surface area contributed by atoms with Crippen molar-refractivity contribution in [1.82, 2.24) is 9.80 Å². The zero-order valence-electron chi connectivity index (χ0n) is 16.4. The highest BCUT2D eigenvalue weighted by atomic mass is 127. The van der Waals surface area contributed by atoms with Gasteiger partial charge in [-0.15, -0.1) is 12.4 Å². The van der Waals surface area contributed by atoms with E-state index in [0.29, 0.717) is 25.4 Å². The average Bonchev–Trinajstić information content (AvgIpc) is 2.75. The molecule has 4 nitrogen and oxygen atoms in total. The summed E-state index contributed by atoms with van der Waals surface area (Å²) >= 11 is 2.25. The standard InChI is InChI=1S/C23H27IN2O2.ClH/c24-20-8-6-19(7-9-20)23(28)26-15-12-22(27)21(16-26)25-13-10-18(11-14-25)17-4-2-1-3-5-17;/h1-9,18,21-22,27H,10-16H2;1H/t21-,22-;/m1./s1. The van der Waals surface area contributed by atoms with Crippen LogP contribution in [0.5, 0.6) is 0 Å². The number of hydrogen-bond donors (Lipinski definition) is 1. The fourth-order valence-electron chi connectivity index (χ4n) is 4.53. The number of hydrogen-bond acceptors (Lipinski definition) is 3. The van der Waals surface area contributed by atoms with Crippen LogP contribution in [0.3, 0.4) is 0 Å². The predicted octanol–water partition coefficient (Wildman–Crippen LogP) is 4.17. The molecule has 2 aliphatic heterocycles. The van der Waals surface area contributed by atoms with Crippen LogP contribution in [0, 0.1) is 3.57 Å². The van der Waals surface area contributed by atoms with E-state index in [1.165, 1.54) is 5.56 Å². The number of aliphatic hydroxyl groups is 1. The lowest BCUT2D eigenvalue weighted by molar-refractivity contribution is -0.0154. The minimum Gasteiger partial charge on any atom is -0.391 e. The predicted molar refractivity (Wildman–Crippen MR) is 127 cm³/mol. The fraction of sp³-hybridized carbons (Fsp3) is 0.435. The highest BCUT2D eigenvalue weighted by molar-refractivity contribution is 14.1. The summed E-state index contributed by atoms with van der Waals surface area (Å²) in [6, 6.07) is 18.5. The Balaban J connectivity index is 0.00000240. The quantitative estimate of drug-likeness (QED) is 0.611. The van der Waals surface area contributed by atoms with Crippen molar-refractivity contribution in [3.63, 3.8) is 0 Å². The molecule has 0 spiro atoms. The third kappa shape index (κ3) is 5.32. The fourth-order valence-corrected chi connectivity index (χ4v) is 4.89. The van der Waals surface area contributed by atoms with E-state index in [1.807, 2.05) is 29.2 Å². The van der Waals surface area contributed by atoms with Crippen molar-refractivity contribution >= 4 is 40.9 Å². The second-order valence-electron chi connectivity index (χ2n) is 7.90. The van der Waals surface area contributed by atoms with E-state index in [1.54, 1.807) is 0 Å². The van der Waals surface area contributed by atoms with Crippen molar-refractivity contribution in [2.24, 2.45) is 0 Å². The van der Waals surface area contributed by atoms with Gasteiger partial charge < -0.3 is 10.0 Å². The van der Waals surface area contributed by atoms with Gasteiger partial charge in [-0.25, -0.2) is 0 Å². The topological polar surface area (TPSA) is 43.8 Å². The van der Waals surface area contributed by atoms with E-state index in [4.69, 9.17) is 0 Å². The molecule has 0 aliphatic carbocycles. The number of rotatable bonds is 3. The maximum atomic E-state index is 12.9. The number of carbonyl (C=O) groups is 1. The molecule has 2 aromatic carbocycles. The Kier molecular flexibility index (Phi) is 7.96. The maximum absolute atomic E-state index is 12.9. The number of piperidine rings is 2. The van der Waals surface area contributed by atoms with Gasteiger partial charge in [-0.2, -0.15) is 0 Å². The van der Waals surface area contributed by atoms with Crippen molar-refractivity contribution in [2.45, 2.75) is 37.3 Å².